The fourth-order valence-corrected chi connectivity index (χ4v) is 2.59. The van der Waals surface area contributed by atoms with Crippen LogP contribution in [0, 0.1) is 0 Å². The Kier molecular flexibility index (Phi) is 5.75. The first-order chi connectivity index (χ1) is 9.65. The number of amides is 1. The highest BCUT2D eigenvalue weighted by molar-refractivity contribution is 5.77. The topological polar surface area (TPSA) is 82.1 Å². The molecule has 0 aromatic carbocycles. The molecule has 0 aromatic heterocycles. The lowest BCUT2D eigenvalue weighted by molar-refractivity contribution is -0.142. The van der Waals surface area contributed by atoms with Gasteiger partial charge in [0.2, 0.25) is 5.91 Å². The van der Waals surface area contributed by atoms with Crippen molar-refractivity contribution in [2.45, 2.75) is 18.9 Å². The Morgan fingerprint density at radius 2 is 1.80 bits per heavy atom. The Morgan fingerprint density at radius 3 is 2.40 bits per heavy atom. The lowest BCUT2D eigenvalue weighted by Gasteiger charge is -2.34. The average Bonchev–Trinajstić information content (AvgIpc) is 2.46. The molecule has 2 heterocycles. The molecule has 2 aliphatic heterocycles. The van der Waals surface area contributed by atoms with E-state index in [1.54, 1.807) is 4.90 Å². The summed E-state index contributed by atoms with van der Waals surface area (Å²) in [5.74, 6) is -0.808. The third kappa shape index (κ3) is 4.73. The molecule has 2 rings (SSSR count). The van der Waals surface area contributed by atoms with Gasteiger partial charge in [0.05, 0.1) is 12.6 Å². The van der Waals surface area contributed by atoms with Crippen molar-refractivity contribution < 1.29 is 19.4 Å². The van der Waals surface area contributed by atoms with E-state index in [2.05, 4.69) is 5.32 Å². The predicted octanol–water partition coefficient (Wildman–Crippen LogP) is -1.02. The number of carboxylic acids is 1. The Labute approximate surface area is 118 Å². The third-order valence-corrected chi connectivity index (χ3v) is 3.81. The number of nitrogens with zero attached hydrogens (tertiary/aromatic N) is 2. The van der Waals surface area contributed by atoms with E-state index in [1.807, 2.05) is 4.90 Å². The van der Waals surface area contributed by atoms with Gasteiger partial charge in [0.1, 0.15) is 6.61 Å². The molecule has 1 amide bonds. The van der Waals surface area contributed by atoms with E-state index in [4.69, 9.17) is 9.84 Å². The summed E-state index contributed by atoms with van der Waals surface area (Å²) in [6.07, 6.45) is 2.10. The quantitative estimate of drug-likeness (QED) is 0.673. The van der Waals surface area contributed by atoms with E-state index in [9.17, 15) is 9.59 Å². The van der Waals surface area contributed by atoms with Crippen LogP contribution in [0.5, 0.6) is 0 Å². The number of hydrogen-bond acceptors (Lipinski definition) is 5. The van der Waals surface area contributed by atoms with Gasteiger partial charge in [-0.25, -0.2) is 0 Å². The molecule has 20 heavy (non-hydrogen) atoms. The zero-order valence-corrected chi connectivity index (χ0v) is 11.7. The molecule has 2 aliphatic rings. The molecule has 2 N–H and O–H groups in total. The number of carboxylic acid groups (broad SMARTS) is 1. The fraction of sp³-hybridized carbons (Fsp3) is 0.846. The number of ether oxygens (including phenoxy) is 1. The minimum absolute atomic E-state index is 0.0125. The van der Waals surface area contributed by atoms with E-state index >= 15 is 0 Å². The number of piperidine rings is 1. The van der Waals surface area contributed by atoms with E-state index in [0.29, 0.717) is 26.2 Å². The van der Waals surface area contributed by atoms with Crippen LogP contribution < -0.4 is 5.32 Å². The highest BCUT2D eigenvalue weighted by Gasteiger charge is 2.23. The third-order valence-electron chi connectivity index (χ3n) is 3.81. The van der Waals surface area contributed by atoms with Crippen molar-refractivity contribution in [3.8, 4) is 0 Å². The molecule has 0 bridgehead atoms. The van der Waals surface area contributed by atoms with E-state index in [-0.39, 0.29) is 25.2 Å². The molecular weight excluding hydrogens is 262 g/mol. The van der Waals surface area contributed by atoms with Gasteiger partial charge in [-0.3, -0.25) is 14.5 Å². The van der Waals surface area contributed by atoms with Gasteiger partial charge in [-0.05, 0) is 25.9 Å². The highest BCUT2D eigenvalue weighted by Crippen LogP contribution is 2.08. The van der Waals surface area contributed by atoms with Crippen LogP contribution in [0.25, 0.3) is 0 Å². The van der Waals surface area contributed by atoms with Crippen LogP contribution in [0.3, 0.4) is 0 Å². The molecule has 0 atom stereocenters. The van der Waals surface area contributed by atoms with Crippen molar-refractivity contribution in [1.29, 1.82) is 0 Å². The van der Waals surface area contributed by atoms with Crippen LogP contribution in [-0.4, -0.2) is 85.3 Å². The van der Waals surface area contributed by atoms with Gasteiger partial charge < -0.3 is 20.1 Å². The largest absolute Gasteiger partial charge is 0.480 e. The highest BCUT2D eigenvalue weighted by atomic mass is 16.5. The summed E-state index contributed by atoms with van der Waals surface area (Å²) in [5.41, 5.74) is 0. The van der Waals surface area contributed by atoms with Crippen molar-refractivity contribution in [2.75, 3.05) is 52.4 Å². The Bertz CT molecular complexity index is 337. The number of rotatable bonds is 5. The first-order valence-electron chi connectivity index (χ1n) is 7.19. The van der Waals surface area contributed by atoms with Gasteiger partial charge in [-0.1, -0.05) is 0 Å². The van der Waals surface area contributed by atoms with Crippen molar-refractivity contribution in [1.82, 2.24) is 15.1 Å². The van der Waals surface area contributed by atoms with Gasteiger partial charge in [-0.2, -0.15) is 0 Å². The van der Waals surface area contributed by atoms with E-state index in [1.165, 1.54) is 0 Å². The van der Waals surface area contributed by atoms with Crippen molar-refractivity contribution in [2.24, 2.45) is 0 Å². The summed E-state index contributed by atoms with van der Waals surface area (Å²) in [6.45, 7) is 4.50. The molecule has 0 aliphatic carbocycles. The molecule has 0 unspecified atom stereocenters. The molecule has 0 saturated carbocycles. The van der Waals surface area contributed by atoms with E-state index < -0.39 is 5.97 Å². The molecule has 0 spiro atoms. The van der Waals surface area contributed by atoms with Crippen LogP contribution in [0.1, 0.15) is 12.8 Å². The van der Waals surface area contributed by atoms with Crippen molar-refractivity contribution in [3.05, 3.63) is 0 Å². The number of carbonyl (C=O) groups excluding carboxylic acids is 1. The first kappa shape index (κ1) is 15.2. The molecule has 7 heteroatoms. The van der Waals surface area contributed by atoms with Crippen LogP contribution >= 0.6 is 0 Å². The summed E-state index contributed by atoms with van der Waals surface area (Å²) >= 11 is 0. The maximum atomic E-state index is 12.0. The maximum absolute atomic E-state index is 12.0. The zero-order chi connectivity index (χ0) is 14.4. The lowest BCUT2D eigenvalue weighted by atomic mass is 10.1. The summed E-state index contributed by atoms with van der Waals surface area (Å²) < 4.78 is 5.65. The average molecular weight is 285 g/mol. The van der Waals surface area contributed by atoms with Crippen LogP contribution in [-0.2, 0) is 14.3 Å². The number of piperazine rings is 1. The Morgan fingerprint density at radius 1 is 1.15 bits per heavy atom. The molecule has 2 fully saturated rings. The summed E-state index contributed by atoms with van der Waals surface area (Å²) in [6, 6.07) is 0. The van der Waals surface area contributed by atoms with E-state index in [0.717, 1.165) is 25.9 Å². The van der Waals surface area contributed by atoms with Crippen molar-refractivity contribution >= 4 is 11.9 Å². The second kappa shape index (κ2) is 7.56. The van der Waals surface area contributed by atoms with Gasteiger partial charge in [0, 0.05) is 26.2 Å². The van der Waals surface area contributed by atoms with Gasteiger partial charge in [-0.15, -0.1) is 0 Å². The standard InChI is InChI=1S/C13H23N3O4/c17-12(10-20-11-1-3-14-4-2-11)16-7-5-15(6-8-16)9-13(18)19/h11,14H,1-10H2,(H,18,19). The number of nitrogens with one attached hydrogen (secondary N) is 1. The number of carbonyl (C=O) groups is 2. The fourth-order valence-electron chi connectivity index (χ4n) is 2.59. The van der Waals surface area contributed by atoms with Gasteiger partial charge in [0.15, 0.2) is 0 Å². The maximum Gasteiger partial charge on any atom is 0.317 e. The van der Waals surface area contributed by atoms with Crippen molar-refractivity contribution in [3.63, 3.8) is 0 Å². The SMILES string of the molecule is O=C(O)CN1CCN(C(=O)COC2CCNCC2)CC1. The second-order valence-corrected chi connectivity index (χ2v) is 5.31. The lowest BCUT2D eigenvalue weighted by Crippen LogP contribution is -2.51. The van der Waals surface area contributed by atoms with Crippen LogP contribution in [0.2, 0.25) is 0 Å². The predicted molar refractivity (Wildman–Crippen MR) is 72.5 cm³/mol. The smallest absolute Gasteiger partial charge is 0.317 e. The number of hydrogen-bond donors (Lipinski definition) is 2. The minimum Gasteiger partial charge on any atom is -0.480 e. The first-order valence-corrected chi connectivity index (χ1v) is 7.19. The van der Waals surface area contributed by atoms with Gasteiger partial charge in [0.25, 0.3) is 0 Å². The second-order valence-electron chi connectivity index (χ2n) is 5.31. The number of aliphatic carboxylic acids is 1. The summed E-state index contributed by atoms with van der Waals surface area (Å²) in [5, 5.41) is 12.0. The molecule has 2 saturated heterocycles. The monoisotopic (exact) mass is 285 g/mol. The Hall–Kier alpha value is -1.18. The van der Waals surface area contributed by atoms with Crippen LogP contribution in [0.4, 0.5) is 0 Å². The molecule has 114 valence electrons. The van der Waals surface area contributed by atoms with Crippen LogP contribution in [0.15, 0.2) is 0 Å². The molecular formula is C13H23N3O4. The molecule has 7 nitrogen and oxygen atoms in total. The Balaban J connectivity index is 1.65. The summed E-state index contributed by atoms with van der Waals surface area (Å²) in [7, 11) is 0. The minimum atomic E-state index is -0.820. The van der Waals surface area contributed by atoms with Gasteiger partial charge >= 0.3 is 5.97 Å². The summed E-state index contributed by atoms with van der Waals surface area (Å²) in [4.78, 5) is 26.2. The zero-order valence-electron chi connectivity index (χ0n) is 11.7. The molecule has 0 aromatic rings. The molecule has 0 radical (unpaired) electrons. The normalized spacial score (nSPS) is 21.9.